The first-order chi connectivity index (χ1) is 27.8. The van der Waals surface area contributed by atoms with Crippen molar-refractivity contribution in [3.8, 4) is 0 Å². The molecular formula is C44H48F2N8O3. The lowest BCUT2D eigenvalue weighted by atomic mass is 9.89. The normalized spacial score (nSPS) is 19.2. The minimum Gasteiger partial charge on any atom is -0.374 e. The number of hydrogen-bond donors (Lipinski definition) is 3. The molecule has 5 aromatic rings. The van der Waals surface area contributed by atoms with Crippen molar-refractivity contribution in [2.45, 2.75) is 75.8 Å². The van der Waals surface area contributed by atoms with E-state index in [1.54, 1.807) is 16.8 Å². The van der Waals surface area contributed by atoms with Gasteiger partial charge in [0.15, 0.2) is 5.65 Å². The van der Waals surface area contributed by atoms with Crippen molar-refractivity contribution in [3.63, 3.8) is 0 Å². The summed E-state index contributed by atoms with van der Waals surface area (Å²) in [6.45, 7) is 4.33. The summed E-state index contributed by atoms with van der Waals surface area (Å²) in [5.41, 5.74) is 5.76. The number of likely N-dealkylation sites (tertiary alicyclic amines) is 1. The van der Waals surface area contributed by atoms with Crippen LogP contribution < -0.4 is 20.9 Å². The molecule has 2 aromatic heterocycles. The van der Waals surface area contributed by atoms with E-state index in [9.17, 15) is 23.2 Å². The number of nitrogens with zero attached hydrogens (tertiary/aromatic N) is 5. The molecule has 11 nitrogen and oxygen atoms in total. The van der Waals surface area contributed by atoms with Gasteiger partial charge in [-0.1, -0.05) is 36.4 Å². The summed E-state index contributed by atoms with van der Waals surface area (Å²) < 4.78 is 30.2. The van der Waals surface area contributed by atoms with Gasteiger partial charge in [-0.25, -0.2) is 18.3 Å². The van der Waals surface area contributed by atoms with Crippen molar-refractivity contribution in [2.75, 3.05) is 42.9 Å². The number of carbonyl (C=O) groups excluding carboxylic acids is 3. The topological polar surface area (TPSA) is 124 Å². The molecule has 57 heavy (non-hydrogen) atoms. The molecule has 296 valence electrons. The minimum absolute atomic E-state index is 0.206. The number of benzene rings is 3. The SMILES string of the molecule is O=C1CCC(Nc2ccc(C3CCN(CCCc4ccc(CCNC(=O)c5cnn6ccc(N7CCCC7c7cc(F)ccc7F)nc56)cc4)CC3)cc2)C(=O)N1. The number of halogens is 2. The second kappa shape index (κ2) is 17.2. The van der Waals surface area contributed by atoms with E-state index in [-0.39, 0.29) is 29.8 Å². The third-order valence-electron chi connectivity index (χ3n) is 11.7. The predicted octanol–water partition coefficient (Wildman–Crippen LogP) is 6.35. The van der Waals surface area contributed by atoms with Crippen molar-refractivity contribution in [1.82, 2.24) is 30.1 Å². The highest BCUT2D eigenvalue weighted by Crippen LogP contribution is 2.37. The average Bonchev–Trinajstić information content (AvgIpc) is 3.89. The maximum absolute atomic E-state index is 14.7. The number of fused-ring (bicyclic) bond motifs is 1. The smallest absolute Gasteiger partial charge is 0.256 e. The number of nitrogens with one attached hydrogen (secondary N) is 3. The third kappa shape index (κ3) is 8.99. The molecule has 3 aromatic carbocycles. The maximum atomic E-state index is 14.7. The largest absolute Gasteiger partial charge is 0.374 e. The number of aromatic nitrogens is 3. The van der Waals surface area contributed by atoms with Gasteiger partial charge in [0.1, 0.15) is 29.1 Å². The van der Waals surface area contributed by atoms with Gasteiger partial charge >= 0.3 is 0 Å². The summed E-state index contributed by atoms with van der Waals surface area (Å²) in [5.74, 6) is -0.520. The van der Waals surface area contributed by atoms with E-state index in [1.807, 2.05) is 17.0 Å². The zero-order valence-corrected chi connectivity index (χ0v) is 31.9. The van der Waals surface area contributed by atoms with Gasteiger partial charge in [-0.2, -0.15) is 5.10 Å². The molecule has 3 aliphatic heterocycles. The second-order valence-electron chi connectivity index (χ2n) is 15.4. The Labute approximate surface area is 330 Å². The Morgan fingerprint density at radius 1 is 0.877 bits per heavy atom. The lowest BCUT2D eigenvalue weighted by Crippen LogP contribution is -2.47. The minimum atomic E-state index is -0.475. The number of imide groups is 1. The van der Waals surface area contributed by atoms with Crippen LogP contribution in [0.3, 0.4) is 0 Å². The zero-order valence-electron chi connectivity index (χ0n) is 31.9. The Balaban J connectivity index is 0.760. The van der Waals surface area contributed by atoms with E-state index in [0.717, 1.165) is 75.1 Å². The summed E-state index contributed by atoms with van der Waals surface area (Å²) in [6.07, 6.45) is 10.7. The number of anilines is 2. The van der Waals surface area contributed by atoms with Crippen molar-refractivity contribution in [2.24, 2.45) is 0 Å². The molecule has 3 amide bonds. The number of hydrogen-bond acceptors (Lipinski definition) is 8. The standard InChI is InChI=1S/C44H48F2N8O3/c45-33-11-14-37(46)35(27-33)39-4-2-23-53(39)40-20-26-54-42(50-40)36(28-48-54)43(56)47-21-17-30-7-5-29(6-8-30)3-1-22-52-24-18-32(19-25-52)31-9-12-34(13-10-31)49-38-15-16-41(55)51-44(38)57/h5-14,20,26-28,32,38-39,49H,1-4,15-19,21-25H2,(H,47,56)(H,51,55,57). The van der Waals surface area contributed by atoms with Gasteiger partial charge in [0.25, 0.3) is 5.91 Å². The molecule has 0 radical (unpaired) electrons. The second-order valence-corrected chi connectivity index (χ2v) is 15.4. The molecule has 0 aliphatic carbocycles. The van der Waals surface area contributed by atoms with Crippen molar-refractivity contribution in [1.29, 1.82) is 0 Å². The number of rotatable bonds is 13. The summed E-state index contributed by atoms with van der Waals surface area (Å²) in [6, 6.07) is 21.6. The van der Waals surface area contributed by atoms with Crippen LogP contribution in [0, 0.1) is 11.6 Å². The van der Waals surface area contributed by atoms with Gasteiger partial charge < -0.3 is 20.4 Å². The van der Waals surface area contributed by atoms with Crippen LogP contribution >= 0.6 is 0 Å². The van der Waals surface area contributed by atoms with Crippen molar-refractivity contribution >= 4 is 34.9 Å². The van der Waals surface area contributed by atoms with Gasteiger partial charge in [-0.05, 0) is 130 Å². The molecule has 2 unspecified atom stereocenters. The van der Waals surface area contributed by atoms with Gasteiger partial charge in [-0.3, -0.25) is 19.7 Å². The fraction of sp³-hybridized carbons (Fsp3) is 0.386. The van der Waals surface area contributed by atoms with Crippen LogP contribution in [-0.4, -0.2) is 76.0 Å². The fourth-order valence-corrected chi connectivity index (χ4v) is 8.48. The van der Waals surface area contributed by atoms with Crippen LogP contribution in [0.2, 0.25) is 0 Å². The molecule has 0 bridgehead atoms. The Morgan fingerprint density at radius 2 is 1.65 bits per heavy atom. The van der Waals surface area contributed by atoms with E-state index in [4.69, 9.17) is 4.98 Å². The predicted molar refractivity (Wildman–Crippen MR) is 214 cm³/mol. The van der Waals surface area contributed by atoms with Crippen molar-refractivity contribution in [3.05, 3.63) is 125 Å². The quantitative estimate of drug-likeness (QED) is 0.118. The molecule has 5 heterocycles. The van der Waals surface area contributed by atoms with Crippen LogP contribution in [0.15, 0.2) is 85.2 Å². The first kappa shape index (κ1) is 38.2. The molecule has 8 rings (SSSR count). The summed E-state index contributed by atoms with van der Waals surface area (Å²) >= 11 is 0. The molecule has 2 atom stereocenters. The van der Waals surface area contributed by atoms with Gasteiger partial charge in [0, 0.05) is 37.0 Å². The van der Waals surface area contributed by atoms with Crippen LogP contribution in [0.5, 0.6) is 0 Å². The molecule has 3 N–H and O–H groups in total. The fourth-order valence-electron chi connectivity index (χ4n) is 8.48. The highest BCUT2D eigenvalue weighted by Gasteiger charge is 2.31. The molecule has 3 fully saturated rings. The highest BCUT2D eigenvalue weighted by molar-refractivity contribution is 6.01. The first-order valence-electron chi connectivity index (χ1n) is 20.1. The lowest BCUT2D eigenvalue weighted by Gasteiger charge is -2.32. The van der Waals surface area contributed by atoms with Gasteiger partial charge in [0.05, 0.1) is 12.2 Å². The van der Waals surface area contributed by atoms with E-state index < -0.39 is 11.6 Å². The monoisotopic (exact) mass is 774 g/mol. The van der Waals surface area contributed by atoms with Gasteiger partial charge in [-0.15, -0.1) is 0 Å². The third-order valence-corrected chi connectivity index (χ3v) is 11.7. The zero-order chi connectivity index (χ0) is 39.3. The van der Waals surface area contributed by atoms with Crippen LogP contribution in [0.1, 0.15) is 89.5 Å². The Kier molecular flexibility index (Phi) is 11.5. The van der Waals surface area contributed by atoms with Crippen LogP contribution in [0.25, 0.3) is 5.65 Å². The van der Waals surface area contributed by atoms with Crippen LogP contribution in [-0.2, 0) is 22.4 Å². The first-order valence-corrected chi connectivity index (χ1v) is 20.1. The molecular weight excluding hydrogens is 727 g/mol. The Hall–Kier alpha value is -5.69. The number of aryl methyl sites for hydroxylation is 1. The van der Waals surface area contributed by atoms with Gasteiger partial charge in [0.2, 0.25) is 11.8 Å². The molecule has 13 heteroatoms. The molecule has 3 aliphatic rings. The molecule has 3 saturated heterocycles. The number of carbonyl (C=O) groups is 3. The van der Waals surface area contributed by atoms with Crippen molar-refractivity contribution < 1.29 is 23.2 Å². The average molecular weight is 775 g/mol. The Morgan fingerprint density at radius 3 is 2.42 bits per heavy atom. The van der Waals surface area contributed by atoms with E-state index in [1.165, 1.54) is 23.4 Å². The summed E-state index contributed by atoms with van der Waals surface area (Å²) in [5, 5.41) is 13.0. The number of piperidine rings is 2. The maximum Gasteiger partial charge on any atom is 0.256 e. The van der Waals surface area contributed by atoms with E-state index >= 15 is 0 Å². The summed E-state index contributed by atoms with van der Waals surface area (Å²) in [4.78, 5) is 46.1. The van der Waals surface area contributed by atoms with Crippen LogP contribution in [0.4, 0.5) is 20.3 Å². The lowest BCUT2D eigenvalue weighted by molar-refractivity contribution is -0.133. The highest BCUT2D eigenvalue weighted by atomic mass is 19.1. The van der Waals surface area contributed by atoms with E-state index in [0.29, 0.717) is 67.3 Å². The van der Waals surface area contributed by atoms with E-state index in [2.05, 4.69) is 62.3 Å². The number of amides is 3. The molecule has 0 spiro atoms. The Bertz CT molecular complexity index is 2220. The molecule has 0 saturated carbocycles. The summed E-state index contributed by atoms with van der Waals surface area (Å²) in [7, 11) is 0.